The fourth-order valence-electron chi connectivity index (χ4n) is 5.67. The van der Waals surface area contributed by atoms with Gasteiger partial charge in [-0.25, -0.2) is 0 Å². The van der Waals surface area contributed by atoms with Crippen LogP contribution in [-0.4, -0.2) is 20.8 Å². The topological polar surface area (TPSA) is 43.4 Å². The Morgan fingerprint density at radius 1 is 0.964 bits per heavy atom. The van der Waals surface area contributed by atoms with E-state index in [4.69, 9.17) is 4.18 Å². The van der Waals surface area contributed by atoms with Crippen molar-refractivity contribution in [2.24, 2.45) is 23.2 Å². The van der Waals surface area contributed by atoms with Crippen LogP contribution in [0.15, 0.2) is 60.7 Å². The molecule has 2 aromatic rings. The summed E-state index contributed by atoms with van der Waals surface area (Å²) in [6.45, 7) is 4.66. The summed E-state index contributed by atoms with van der Waals surface area (Å²) >= 11 is 0. The summed E-state index contributed by atoms with van der Waals surface area (Å²) in [4.78, 5) is 0. The van der Waals surface area contributed by atoms with E-state index in [1.807, 2.05) is 12.1 Å². The second-order valence-corrected chi connectivity index (χ2v) is 11.6. The molecule has 0 aliphatic heterocycles. The molecule has 2 bridgehead atoms. The molecular formula is C23H29O3PS. The summed E-state index contributed by atoms with van der Waals surface area (Å²) in [6, 6.07) is 20.9. The van der Waals surface area contributed by atoms with Gasteiger partial charge < -0.3 is 0 Å². The molecule has 5 atom stereocenters. The maximum atomic E-state index is 12.1. The molecule has 0 amide bonds. The summed E-state index contributed by atoms with van der Waals surface area (Å²) < 4.78 is 29.9. The zero-order valence-electron chi connectivity index (χ0n) is 16.7. The van der Waals surface area contributed by atoms with Gasteiger partial charge in [0.25, 0.3) is 10.1 Å². The van der Waals surface area contributed by atoms with E-state index >= 15 is 0 Å². The fraction of sp³-hybridized carbons (Fsp3) is 0.478. The van der Waals surface area contributed by atoms with Gasteiger partial charge in [0.15, 0.2) is 0 Å². The third kappa shape index (κ3) is 3.24. The molecule has 0 saturated heterocycles. The van der Waals surface area contributed by atoms with Crippen LogP contribution in [0.5, 0.6) is 0 Å². The Labute approximate surface area is 171 Å². The van der Waals surface area contributed by atoms with Crippen molar-refractivity contribution in [3.05, 3.63) is 71.8 Å². The minimum absolute atomic E-state index is 0.0528. The fourth-order valence-corrected chi connectivity index (χ4v) is 7.14. The number of rotatable bonds is 5. The zero-order valence-corrected chi connectivity index (χ0v) is 18.7. The molecule has 150 valence electrons. The normalized spacial score (nSPS) is 29.1. The smallest absolute Gasteiger partial charge is 0.264 e. The van der Waals surface area contributed by atoms with E-state index in [2.05, 4.69) is 71.6 Å². The molecule has 5 rings (SSSR count). The van der Waals surface area contributed by atoms with Crippen molar-refractivity contribution < 1.29 is 12.6 Å². The average molecular weight is 417 g/mol. The highest BCUT2D eigenvalue weighted by atomic mass is 32.2. The van der Waals surface area contributed by atoms with Crippen LogP contribution >= 0.6 is 9.24 Å². The van der Waals surface area contributed by atoms with Crippen molar-refractivity contribution >= 4 is 19.4 Å². The SMILES string of the molecule is CC1(C)C2CC1[C@H](C(P)(c1ccccc1)c1ccccc1)[C@H](OS(C)(=O)=O)C2. The van der Waals surface area contributed by atoms with Gasteiger partial charge in [-0.15, -0.1) is 9.24 Å². The van der Waals surface area contributed by atoms with Crippen molar-refractivity contribution in [3.8, 4) is 0 Å². The van der Waals surface area contributed by atoms with Crippen LogP contribution in [0.25, 0.3) is 0 Å². The molecule has 0 spiro atoms. The van der Waals surface area contributed by atoms with Gasteiger partial charge in [0.1, 0.15) is 0 Å². The maximum absolute atomic E-state index is 12.1. The Hall–Kier alpha value is -1.22. The van der Waals surface area contributed by atoms with Crippen LogP contribution < -0.4 is 0 Å². The lowest BCUT2D eigenvalue weighted by Crippen LogP contribution is -2.62. The van der Waals surface area contributed by atoms with Gasteiger partial charge in [-0.3, -0.25) is 4.18 Å². The highest BCUT2D eigenvalue weighted by molar-refractivity contribution is 7.86. The van der Waals surface area contributed by atoms with E-state index in [1.165, 1.54) is 17.4 Å². The van der Waals surface area contributed by atoms with E-state index in [0.717, 1.165) is 12.8 Å². The molecule has 3 unspecified atom stereocenters. The van der Waals surface area contributed by atoms with Crippen LogP contribution in [0.3, 0.4) is 0 Å². The lowest BCUT2D eigenvalue weighted by atomic mass is 9.42. The summed E-state index contributed by atoms with van der Waals surface area (Å²) in [6.07, 6.45) is 2.78. The average Bonchev–Trinajstić information content (AvgIpc) is 2.67. The van der Waals surface area contributed by atoms with E-state index in [0.29, 0.717) is 11.8 Å². The molecule has 0 N–H and O–H groups in total. The summed E-state index contributed by atoms with van der Waals surface area (Å²) in [5.74, 6) is 0.967. The first-order chi connectivity index (χ1) is 13.1. The molecule has 0 aromatic heterocycles. The van der Waals surface area contributed by atoms with E-state index < -0.39 is 15.3 Å². The number of hydrogen-bond donors (Lipinski definition) is 0. The number of benzene rings is 2. The maximum Gasteiger partial charge on any atom is 0.264 e. The molecular weight excluding hydrogens is 387 g/mol. The first-order valence-corrected chi connectivity index (χ1v) is 12.3. The quantitative estimate of drug-likeness (QED) is 0.518. The van der Waals surface area contributed by atoms with Gasteiger partial charge in [-0.05, 0) is 41.2 Å². The Morgan fingerprint density at radius 2 is 1.46 bits per heavy atom. The third-order valence-electron chi connectivity index (χ3n) is 7.22. The number of hydrogen-bond acceptors (Lipinski definition) is 3. The van der Waals surface area contributed by atoms with Crippen LogP contribution in [0.2, 0.25) is 0 Å². The second-order valence-electron chi connectivity index (χ2n) is 9.06. The highest BCUT2D eigenvalue weighted by Gasteiger charge is 2.63. The largest absolute Gasteiger partial charge is 0.267 e. The number of fused-ring (bicyclic) bond motifs is 2. The molecule has 3 nitrogen and oxygen atoms in total. The summed E-state index contributed by atoms with van der Waals surface area (Å²) in [5.41, 5.74) is 2.55. The lowest BCUT2D eigenvalue weighted by molar-refractivity contribution is -0.159. The van der Waals surface area contributed by atoms with Gasteiger partial charge >= 0.3 is 0 Å². The molecule has 0 heterocycles. The molecule has 3 fully saturated rings. The molecule has 3 aliphatic carbocycles. The summed E-state index contributed by atoms with van der Waals surface area (Å²) in [5, 5.41) is -0.412. The van der Waals surface area contributed by atoms with Crippen molar-refractivity contribution in [1.82, 2.24) is 0 Å². The van der Waals surface area contributed by atoms with Crippen molar-refractivity contribution in [2.45, 2.75) is 37.9 Å². The van der Waals surface area contributed by atoms with Crippen LogP contribution in [0, 0.1) is 23.2 Å². The minimum atomic E-state index is -3.53. The van der Waals surface area contributed by atoms with Gasteiger partial charge in [0, 0.05) is 11.1 Å². The van der Waals surface area contributed by atoms with Gasteiger partial charge in [-0.1, -0.05) is 74.5 Å². The molecule has 3 aliphatic rings. The first kappa shape index (κ1) is 20.1. The van der Waals surface area contributed by atoms with Crippen LogP contribution in [-0.2, 0) is 19.5 Å². The van der Waals surface area contributed by atoms with E-state index in [-0.39, 0.29) is 17.4 Å². The van der Waals surface area contributed by atoms with Gasteiger partial charge in [0.2, 0.25) is 0 Å². The monoisotopic (exact) mass is 416 g/mol. The van der Waals surface area contributed by atoms with Crippen LogP contribution in [0.1, 0.15) is 37.8 Å². The molecule has 3 saturated carbocycles. The van der Waals surface area contributed by atoms with Gasteiger partial charge in [0.05, 0.1) is 12.4 Å². The third-order valence-corrected chi connectivity index (χ3v) is 8.87. The minimum Gasteiger partial charge on any atom is -0.267 e. The van der Waals surface area contributed by atoms with Crippen molar-refractivity contribution in [1.29, 1.82) is 0 Å². The standard InChI is InChI=1S/C23H29O3PS/c1-22(2)18-14-19(22)21(20(15-18)26-28(3,24)25)23(27,16-10-6-4-7-11-16)17-12-8-5-9-13-17/h4-13,18-21H,14-15,27H2,1-3H3/t18?,19?,20-,21+/m1/s1. The molecule has 2 aromatic carbocycles. The Kier molecular flexibility index (Phi) is 4.97. The predicted octanol–water partition coefficient (Wildman–Crippen LogP) is 4.83. The Bertz CT molecular complexity index is 901. The van der Waals surface area contributed by atoms with Crippen molar-refractivity contribution in [3.63, 3.8) is 0 Å². The molecule has 5 heteroatoms. The van der Waals surface area contributed by atoms with Crippen LogP contribution in [0.4, 0.5) is 0 Å². The zero-order chi connectivity index (χ0) is 20.2. The van der Waals surface area contributed by atoms with Gasteiger partial charge in [-0.2, -0.15) is 8.42 Å². The molecule has 0 radical (unpaired) electrons. The predicted molar refractivity (Wildman–Crippen MR) is 117 cm³/mol. The van der Waals surface area contributed by atoms with E-state index in [9.17, 15) is 8.42 Å². The Morgan fingerprint density at radius 3 is 1.89 bits per heavy atom. The second kappa shape index (κ2) is 6.93. The van der Waals surface area contributed by atoms with E-state index in [1.54, 1.807) is 0 Å². The highest BCUT2D eigenvalue weighted by Crippen LogP contribution is 2.67. The Balaban J connectivity index is 1.89. The molecule has 28 heavy (non-hydrogen) atoms. The first-order valence-electron chi connectivity index (χ1n) is 9.92. The lowest BCUT2D eigenvalue weighted by Gasteiger charge is -2.65. The summed E-state index contributed by atoms with van der Waals surface area (Å²) in [7, 11) is -0.422. The van der Waals surface area contributed by atoms with Crippen molar-refractivity contribution in [2.75, 3.05) is 6.26 Å².